The maximum absolute atomic E-state index is 12.2. The molecule has 2 rings (SSSR count). The van der Waals surface area contributed by atoms with E-state index in [0.29, 0.717) is 22.2 Å². The number of likely N-dealkylation sites (N-methyl/N-ethyl adjacent to an activating group) is 1. The molecule has 7 nitrogen and oxygen atoms in total. The first-order valence-electron chi connectivity index (χ1n) is 6.77. The SMILES string of the molecule is COc1cc(NC(=O)CN(C)c2snc(Cl)c2C#N)cc(OC)c1. The van der Waals surface area contributed by atoms with Crippen molar-refractivity contribution in [3.8, 4) is 17.6 Å². The number of methoxy groups -OCH3 is 2. The van der Waals surface area contributed by atoms with Crippen LogP contribution in [0.4, 0.5) is 10.7 Å². The van der Waals surface area contributed by atoms with Crippen molar-refractivity contribution in [3.05, 3.63) is 28.9 Å². The zero-order valence-electron chi connectivity index (χ0n) is 13.3. The number of amides is 1. The van der Waals surface area contributed by atoms with Crippen molar-refractivity contribution in [3.63, 3.8) is 0 Å². The lowest BCUT2D eigenvalue weighted by molar-refractivity contribution is -0.114. The molecule has 0 aliphatic rings. The van der Waals surface area contributed by atoms with Gasteiger partial charge >= 0.3 is 0 Å². The van der Waals surface area contributed by atoms with E-state index in [0.717, 1.165) is 11.5 Å². The van der Waals surface area contributed by atoms with E-state index >= 15 is 0 Å². The van der Waals surface area contributed by atoms with E-state index in [2.05, 4.69) is 9.69 Å². The second-order valence-electron chi connectivity index (χ2n) is 4.77. The Hall–Kier alpha value is -2.50. The molecule has 0 radical (unpaired) electrons. The molecule has 1 aromatic carbocycles. The third kappa shape index (κ3) is 4.07. The van der Waals surface area contributed by atoms with Gasteiger partial charge in [-0.15, -0.1) is 0 Å². The first-order chi connectivity index (χ1) is 11.5. The number of carbonyl (C=O) groups excluding carboxylic acids is 1. The number of nitrogens with one attached hydrogen (secondary N) is 1. The molecule has 0 bridgehead atoms. The van der Waals surface area contributed by atoms with Crippen LogP contribution in [0.25, 0.3) is 0 Å². The quantitative estimate of drug-likeness (QED) is 0.845. The smallest absolute Gasteiger partial charge is 0.243 e. The second kappa shape index (κ2) is 7.86. The number of hydrogen-bond acceptors (Lipinski definition) is 7. The van der Waals surface area contributed by atoms with Gasteiger partial charge < -0.3 is 19.7 Å². The van der Waals surface area contributed by atoms with E-state index in [9.17, 15) is 4.79 Å². The molecule has 1 heterocycles. The highest BCUT2D eigenvalue weighted by Gasteiger charge is 2.18. The summed E-state index contributed by atoms with van der Waals surface area (Å²) in [6, 6.07) is 7.07. The highest BCUT2D eigenvalue weighted by Crippen LogP contribution is 2.30. The summed E-state index contributed by atoms with van der Waals surface area (Å²) >= 11 is 6.91. The third-order valence-corrected chi connectivity index (χ3v) is 4.44. The summed E-state index contributed by atoms with van der Waals surface area (Å²) in [7, 11) is 4.76. The number of benzene rings is 1. The van der Waals surface area contributed by atoms with Crippen molar-refractivity contribution in [2.24, 2.45) is 0 Å². The highest BCUT2D eigenvalue weighted by molar-refractivity contribution is 7.10. The molecule has 1 N–H and O–H groups in total. The van der Waals surface area contributed by atoms with Gasteiger partial charge in [0.1, 0.15) is 28.1 Å². The summed E-state index contributed by atoms with van der Waals surface area (Å²) < 4.78 is 14.2. The summed E-state index contributed by atoms with van der Waals surface area (Å²) in [5, 5.41) is 12.5. The Morgan fingerprint density at radius 2 is 2.00 bits per heavy atom. The Kier molecular flexibility index (Phi) is 5.84. The number of anilines is 2. The molecular formula is C15H15ClN4O3S. The van der Waals surface area contributed by atoms with Crippen molar-refractivity contribution < 1.29 is 14.3 Å². The number of rotatable bonds is 6. The fraction of sp³-hybridized carbons (Fsp3) is 0.267. The molecule has 1 aromatic heterocycles. The molecule has 126 valence electrons. The Bertz CT molecular complexity index is 765. The number of hydrogen-bond donors (Lipinski definition) is 1. The van der Waals surface area contributed by atoms with Crippen molar-refractivity contribution in [1.29, 1.82) is 5.26 Å². The maximum atomic E-state index is 12.2. The number of aromatic nitrogens is 1. The van der Waals surface area contributed by atoms with Crippen LogP contribution in [-0.4, -0.2) is 38.1 Å². The number of carbonyl (C=O) groups is 1. The third-order valence-electron chi connectivity index (χ3n) is 3.11. The number of nitrogens with zero attached hydrogens (tertiary/aromatic N) is 3. The lowest BCUT2D eigenvalue weighted by Crippen LogP contribution is -2.29. The lowest BCUT2D eigenvalue weighted by Gasteiger charge is -2.17. The summed E-state index contributed by atoms with van der Waals surface area (Å²) in [4.78, 5) is 13.9. The predicted molar refractivity (Wildman–Crippen MR) is 93.3 cm³/mol. The van der Waals surface area contributed by atoms with E-state index in [4.69, 9.17) is 26.3 Å². The molecule has 0 aliphatic carbocycles. The Morgan fingerprint density at radius 1 is 1.38 bits per heavy atom. The summed E-state index contributed by atoms with van der Waals surface area (Å²) in [5.41, 5.74) is 0.812. The van der Waals surface area contributed by atoms with Gasteiger partial charge in [-0.25, -0.2) is 0 Å². The topological polar surface area (TPSA) is 87.5 Å². The van der Waals surface area contributed by atoms with Gasteiger partial charge in [-0.05, 0) is 11.5 Å². The van der Waals surface area contributed by atoms with Crippen LogP contribution in [0.5, 0.6) is 11.5 Å². The molecule has 0 unspecified atom stereocenters. The fourth-order valence-electron chi connectivity index (χ4n) is 1.98. The molecule has 1 amide bonds. The number of nitriles is 1. The van der Waals surface area contributed by atoms with Gasteiger partial charge in [0.25, 0.3) is 0 Å². The minimum absolute atomic E-state index is 0.0345. The molecule has 9 heteroatoms. The second-order valence-corrected chi connectivity index (χ2v) is 5.88. The van der Waals surface area contributed by atoms with E-state index in [1.54, 1.807) is 30.1 Å². The molecule has 0 saturated carbocycles. The van der Waals surface area contributed by atoms with Crippen LogP contribution in [0.1, 0.15) is 5.56 Å². The van der Waals surface area contributed by atoms with Gasteiger partial charge in [0.2, 0.25) is 5.91 Å². The Morgan fingerprint density at radius 3 is 2.54 bits per heavy atom. The number of ether oxygens (including phenoxy) is 2. The standard InChI is InChI=1S/C15H15ClN4O3S/c1-20(15-12(7-17)14(16)19-24-15)8-13(21)18-9-4-10(22-2)6-11(5-9)23-3/h4-6H,8H2,1-3H3,(H,18,21). The van der Waals surface area contributed by atoms with Crippen molar-refractivity contribution in [2.45, 2.75) is 0 Å². The molecule has 0 aliphatic heterocycles. The summed E-state index contributed by atoms with van der Waals surface area (Å²) in [6.45, 7) is 0.0345. The van der Waals surface area contributed by atoms with Gasteiger partial charge in [-0.1, -0.05) is 11.6 Å². The van der Waals surface area contributed by atoms with E-state index in [1.165, 1.54) is 14.2 Å². The minimum Gasteiger partial charge on any atom is -0.497 e. The molecule has 0 saturated heterocycles. The predicted octanol–water partition coefficient (Wildman–Crippen LogP) is 2.76. The van der Waals surface area contributed by atoms with Crippen molar-refractivity contribution in [2.75, 3.05) is 38.0 Å². The van der Waals surface area contributed by atoms with E-state index in [-0.39, 0.29) is 23.2 Å². The highest BCUT2D eigenvalue weighted by atomic mass is 35.5. The monoisotopic (exact) mass is 366 g/mol. The van der Waals surface area contributed by atoms with E-state index < -0.39 is 0 Å². The van der Waals surface area contributed by atoms with Crippen LogP contribution in [0.2, 0.25) is 5.15 Å². The van der Waals surface area contributed by atoms with Gasteiger partial charge in [0, 0.05) is 30.9 Å². The van der Waals surface area contributed by atoms with Gasteiger partial charge in [-0.2, -0.15) is 9.64 Å². The van der Waals surface area contributed by atoms with Gasteiger partial charge in [0.15, 0.2) is 5.15 Å². The Balaban J connectivity index is 2.09. The molecule has 0 fully saturated rings. The van der Waals surface area contributed by atoms with Crippen LogP contribution in [-0.2, 0) is 4.79 Å². The van der Waals surface area contributed by atoms with Crippen LogP contribution < -0.4 is 19.7 Å². The van der Waals surface area contributed by atoms with E-state index in [1.807, 2.05) is 6.07 Å². The zero-order chi connectivity index (χ0) is 17.7. The summed E-state index contributed by atoms with van der Waals surface area (Å²) in [6.07, 6.45) is 0. The maximum Gasteiger partial charge on any atom is 0.243 e. The first-order valence-corrected chi connectivity index (χ1v) is 7.93. The van der Waals surface area contributed by atoms with Crippen LogP contribution >= 0.6 is 23.1 Å². The lowest BCUT2D eigenvalue weighted by atomic mass is 10.2. The molecular weight excluding hydrogens is 352 g/mol. The first kappa shape index (κ1) is 17.8. The zero-order valence-corrected chi connectivity index (χ0v) is 14.9. The molecule has 0 atom stereocenters. The van der Waals surface area contributed by atoms with Crippen molar-refractivity contribution in [1.82, 2.24) is 4.37 Å². The van der Waals surface area contributed by atoms with Crippen LogP contribution in [0.15, 0.2) is 18.2 Å². The fourth-order valence-corrected chi connectivity index (χ4v) is 2.97. The Labute approximate surface area is 148 Å². The minimum atomic E-state index is -0.263. The van der Waals surface area contributed by atoms with Gasteiger partial charge in [-0.3, -0.25) is 4.79 Å². The number of halogens is 1. The molecule has 0 spiro atoms. The normalized spacial score (nSPS) is 9.96. The van der Waals surface area contributed by atoms with Crippen LogP contribution in [0, 0.1) is 11.3 Å². The van der Waals surface area contributed by atoms with Gasteiger partial charge in [0.05, 0.1) is 20.8 Å². The molecule has 24 heavy (non-hydrogen) atoms. The van der Waals surface area contributed by atoms with Crippen molar-refractivity contribution >= 4 is 39.7 Å². The average molecular weight is 367 g/mol. The molecule has 2 aromatic rings. The average Bonchev–Trinajstić information content (AvgIpc) is 2.94. The van der Waals surface area contributed by atoms with Crippen LogP contribution in [0.3, 0.4) is 0 Å². The summed E-state index contributed by atoms with van der Waals surface area (Å²) in [5.74, 6) is 0.874. The largest absolute Gasteiger partial charge is 0.497 e.